The Morgan fingerprint density at radius 3 is 2.73 bits per heavy atom. The van der Waals surface area contributed by atoms with E-state index in [1.165, 1.54) is 25.3 Å². The van der Waals surface area contributed by atoms with Crippen LogP contribution in [0.1, 0.15) is 54.6 Å². The number of ether oxygens (including phenoxy) is 1. The number of carbonyl (C=O) groups excluding carboxylic acids is 2. The van der Waals surface area contributed by atoms with Crippen molar-refractivity contribution in [1.29, 1.82) is 0 Å². The molecule has 0 spiro atoms. The molecule has 2 aliphatic heterocycles. The highest BCUT2D eigenvalue weighted by atomic mass is 19.1. The Morgan fingerprint density at radius 2 is 2.00 bits per heavy atom. The number of carbonyl (C=O) groups is 2. The van der Waals surface area contributed by atoms with Crippen molar-refractivity contribution < 1.29 is 23.1 Å². The SMILES string of the molecule is COc1cccc2cc(C(=O)/C=C3/C(=O)N4c5c3cc(F)cc5C(C)CC4(C)C)c(=O)oc12. The highest BCUT2D eigenvalue weighted by Crippen LogP contribution is 2.51. The summed E-state index contributed by atoms with van der Waals surface area (Å²) in [6, 6.07) is 9.20. The first kappa shape index (κ1) is 21.1. The maximum absolute atomic E-state index is 14.5. The molecule has 1 amide bonds. The molecule has 0 saturated carbocycles. The van der Waals surface area contributed by atoms with Crippen molar-refractivity contribution >= 4 is 33.9 Å². The van der Waals surface area contributed by atoms with Crippen molar-refractivity contribution in [3.8, 4) is 5.75 Å². The number of nitrogens with zero attached hydrogens (tertiary/aromatic N) is 1. The van der Waals surface area contributed by atoms with E-state index in [1.54, 1.807) is 23.1 Å². The number of fused-ring (bicyclic) bond motifs is 1. The van der Waals surface area contributed by atoms with E-state index in [-0.39, 0.29) is 28.5 Å². The molecule has 7 heteroatoms. The third-order valence-electron chi connectivity index (χ3n) is 6.48. The first-order valence-electron chi connectivity index (χ1n) is 10.7. The predicted molar refractivity (Wildman–Crippen MR) is 122 cm³/mol. The highest BCUT2D eigenvalue weighted by Gasteiger charge is 2.47. The highest BCUT2D eigenvalue weighted by molar-refractivity contribution is 6.36. The Labute approximate surface area is 189 Å². The van der Waals surface area contributed by atoms with Crippen molar-refractivity contribution in [3.05, 3.63) is 75.4 Å². The fourth-order valence-electron chi connectivity index (χ4n) is 5.11. The Bertz CT molecular complexity index is 1450. The van der Waals surface area contributed by atoms with Gasteiger partial charge in [-0.05, 0) is 62.1 Å². The largest absolute Gasteiger partial charge is 0.493 e. The number of para-hydroxylation sites is 1. The number of halogens is 1. The molecule has 33 heavy (non-hydrogen) atoms. The zero-order valence-corrected chi connectivity index (χ0v) is 18.7. The van der Waals surface area contributed by atoms with Gasteiger partial charge in [0.1, 0.15) is 11.4 Å². The number of methoxy groups -OCH3 is 1. The van der Waals surface area contributed by atoms with Crippen molar-refractivity contribution in [2.24, 2.45) is 0 Å². The van der Waals surface area contributed by atoms with Crippen molar-refractivity contribution in [1.82, 2.24) is 0 Å². The van der Waals surface area contributed by atoms with Crippen LogP contribution in [0.25, 0.3) is 16.5 Å². The van der Waals surface area contributed by atoms with E-state index in [2.05, 4.69) is 0 Å². The average molecular weight is 447 g/mol. The van der Waals surface area contributed by atoms with Gasteiger partial charge in [-0.15, -0.1) is 0 Å². The summed E-state index contributed by atoms with van der Waals surface area (Å²) in [5, 5.41) is 0.511. The van der Waals surface area contributed by atoms with Crippen LogP contribution in [-0.4, -0.2) is 24.3 Å². The molecule has 6 nitrogen and oxygen atoms in total. The van der Waals surface area contributed by atoms with Crippen LogP contribution in [0, 0.1) is 5.82 Å². The third kappa shape index (κ3) is 3.10. The number of amides is 1. The predicted octanol–water partition coefficient (Wildman–Crippen LogP) is 4.84. The van der Waals surface area contributed by atoms with Crippen LogP contribution in [0.4, 0.5) is 10.1 Å². The van der Waals surface area contributed by atoms with Crippen molar-refractivity contribution in [2.45, 2.75) is 38.6 Å². The first-order chi connectivity index (χ1) is 15.6. The summed E-state index contributed by atoms with van der Waals surface area (Å²) in [4.78, 5) is 40.8. The Morgan fingerprint density at radius 1 is 1.24 bits per heavy atom. The molecular weight excluding hydrogens is 425 g/mol. The number of benzene rings is 2. The lowest BCUT2D eigenvalue weighted by Gasteiger charge is -2.43. The number of rotatable bonds is 3. The molecule has 1 unspecified atom stereocenters. The fraction of sp³-hybridized carbons (Fsp3) is 0.269. The van der Waals surface area contributed by atoms with Crippen molar-refractivity contribution in [2.75, 3.05) is 12.0 Å². The monoisotopic (exact) mass is 447 g/mol. The van der Waals surface area contributed by atoms with Crippen LogP contribution in [0.2, 0.25) is 0 Å². The van der Waals surface area contributed by atoms with Gasteiger partial charge in [-0.25, -0.2) is 9.18 Å². The molecule has 168 valence electrons. The molecule has 5 rings (SSSR count). The quantitative estimate of drug-likeness (QED) is 0.326. The van der Waals surface area contributed by atoms with Gasteiger partial charge in [0, 0.05) is 16.5 Å². The summed E-state index contributed by atoms with van der Waals surface area (Å²) in [6.07, 6.45) is 1.78. The zero-order valence-electron chi connectivity index (χ0n) is 18.7. The smallest absolute Gasteiger partial charge is 0.347 e. The molecular formula is C26H22FNO5. The number of anilines is 1. The normalized spacial score (nSPS) is 19.8. The van der Waals surface area contributed by atoms with Gasteiger partial charge in [-0.1, -0.05) is 19.1 Å². The maximum atomic E-state index is 14.5. The van der Waals surface area contributed by atoms with Crippen LogP contribution < -0.4 is 15.3 Å². The zero-order chi connectivity index (χ0) is 23.7. The lowest BCUT2D eigenvalue weighted by Crippen LogP contribution is -2.49. The Kier molecular flexibility index (Phi) is 4.57. The topological polar surface area (TPSA) is 76.8 Å². The van der Waals surface area contributed by atoms with Gasteiger partial charge >= 0.3 is 5.63 Å². The van der Waals surface area contributed by atoms with E-state index in [4.69, 9.17) is 9.15 Å². The minimum Gasteiger partial charge on any atom is -0.493 e. The summed E-state index contributed by atoms with van der Waals surface area (Å²) < 4.78 is 25.0. The fourth-order valence-corrected chi connectivity index (χ4v) is 5.11. The average Bonchev–Trinajstić information content (AvgIpc) is 3.03. The second-order valence-electron chi connectivity index (χ2n) is 9.20. The summed E-state index contributed by atoms with van der Waals surface area (Å²) in [5.41, 5.74) is 0.497. The van der Waals surface area contributed by atoms with E-state index in [1.807, 2.05) is 20.8 Å². The second-order valence-corrected chi connectivity index (χ2v) is 9.20. The molecule has 1 aromatic heterocycles. The van der Waals surface area contributed by atoms with Gasteiger partial charge in [0.25, 0.3) is 5.91 Å². The second kappa shape index (κ2) is 7.13. The first-order valence-corrected chi connectivity index (χ1v) is 10.7. The molecule has 2 aromatic carbocycles. The Hall–Kier alpha value is -3.74. The summed E-state index contributed by atoms with van der Waals surface area (Å²) >= 11 is 0. The summed E-state index contributed by atoms with van der Waals surface area (Å²) in [6.45, 7) is 5.90. The number of hydrogen-bond donors (Lipinski definition) is 0. The number of ketones is 1. The molecule has 0 saturated heterocycles. The standard InChI is InChI=1S/C26H22FNO5/c1-13-12-26(2,3)28-22-16(13)9-15(27)10-17(22)18(24(28)30)11-20(29)19-8-14-6-5-7-21(32-4)23(14)33-25(19)31/h5-11,13H,12H2,1-4H3/b18-11+. The number of hydrogen-bond acceptors (Lipinski definition) is 5. The summed E-state index contributed by atoms with van der Waals surface area (Å²) in [5.74, 6) is -1.11. The van der Waals surface area contributed by atoms with Crippen LogP contribution in [0.5, 0.6) is 5.75 Å². The van der Waals surface area contributed by atoms with Gasteiger partial charge in [-0.2, -0.15) is 0 Å². The molecule has 3 aromatic rings. The van der Waals surface area contributed by atoms with Gasteiger partial charge in [-0.3, -0.25) is 9.59 Å². The number of allylic oxidation sites excluding steroid dienone is 1. The maximum Gasteiger partial charge on any atom is 0.347 e. The van der Waals surface area contributed by atoms with Crippen LogP contribution in [0.15, 0.2) is 51.7 Å². The summed E-state index contributed by atoms with van der Waals surface area (Å²) in [7, 11) is 1.45. The van der Waals surface area contributed by atoms with Gasteiger partial charge in [0.05, 0.1) is 18.4 Å². The van der Waals surface area contributed by atoms with Crippen molar-refractivity contribution in [3.63, 3.8) is 0 Å². The third-order valence-corrected chi connectivity index (χ3v) is 6.48. The van der Waals surface area contributed by atoms with Crippen LogP contribution in [-0.2, 0) is 4.79 Å². The van der Waals surface area contributed by atoms with E-state index in [9.17, 15) is 18.8 Å². The lowest BCUT2D eigenvalue weighted by atomic mass is 9.80. The molecule has 0 aliphatic carbocycles. The van der Waals surface area contributed by atoms with E-state index in [0.29, 0.717) is 28.8 Å². The van der Waals surface area contributed by atoms with Crippen LogP contribution >= 0.6 is 0 Å². The van der Waals surface area contributed by atoms with E-state index < -0.39 is 22.8 Å². The molecule has 3 heterocycles. The van der Waals surface area contributed by atoms with Gasteiger partial charge in [0.2, 0.25) is 0 Å². The Balaban J connectivity index is 1.67. The molecule has 2 aliphatic rings. The molecule has 0 bridgehead atoms. The lowest BCUT2D eigenvalue weighted by molar-refractivity contribution is -0.114. The minimum atomic E-state index is -0.838. The molecule has 0 N–H and O–H groups in total. The minimum absolute atomic E-state index is 0.0473. The van der Waals surface area contributed by atoms with Crippen LogP contribution in [0.3, 0.4) is 0 Å². The van der Waals surface area contributed by atoms with E-state index >= 15 is 0 Å². The molecule has 1 atom stereocenters. The molecule has 0 fully saturated rings. The van der Waals surface area contributed by atoms with Gasteiger partial charge in [0.15, 0.2) is 17.1 Å². The van der Waals surface area contributed by atoms with E-state index in [0.717, 1.165) is 11.6 Å². The molecule has 0 radical (unpaired) electrons. The van der Waals surface area contributed by atoms with Gasteiger partial charge < -0.3 is 14.1 Å².